The van der Waals surface area contributed by atoms with Crippen LogP contribution < -0.4 is 5.32 Å². The van der Waals surface area contributed by atoms with Crippen molar-refractivity contribution >= 4 is 29.9 Å². The number of nitrogens with zero attached hydrogens (tertiary/aromatic N) is 2. The SMILES string of the molecule is CCCCN(C)C(=NCCCOC)NCC.I. The fraction of sp³-hybridized carbons (Fsp3) is 0.917. The number of guanidine groups is 1. The third-order valence-electron chi connectivity index (χ3n) is 2.31. The van der Waals surface area contributed by atoms with Crippen LogP contribution in [-0.2, 0) is 4.74 Å². The van der Waals surface area contributed by atoms with Crippen molar-refractivity contribution in [1.29, 1.82) is 0 Å². The van der Waals surface area contributed by atoms with Gasteiger partial charge in [0.05, 0.1) is 0 Å². The molecule has 5 heteroatoms. The molecule has 0 aromatic carbocycles. The number of hydrogen-bond acceptors (Lipinski definition) is 2. The van der Waals surface area contributed by atoms with E-state index >= 15 is 0 Å². The highest BCUT2D eigenvalue weighted by Gasteiger charge is 2.03. The molecular weight excluding hydrogens is 329 g/mol. The zero-order chi connectivity index (χ0) is 12.2. The molecule has 0 spiro atoms. The zero-order valence-electron chi connectivity index (χ0n) is 11.7. The molecule has 0 aliphatic heterocycles. The molecule has 0 atom stereocenters. The van der Waals surface area contributed by atoms with Crippen LogP contribution in [0.2, 0.25) is 0 Å². The number of unbranched alkanes of at least 4 members (excludes halogenated alkanes) is 1. The molecule has 0 rings (SSSR count). The minimum atomic E-state index is 0. The first-order valence-corrected chi connectivity index (χ1v) is 6.24. The van der Waals surface area contributed by atoms with Crippen LogP contribution in [0.5, 0.6) is 0 Å². The smallest absolute Gasteiger partial charge is 0.193 e. The van der Waals surface area contributed by atoms with Gasteiger partial charge in [-0.05, 0) is 19.8 Å². The van der Waals surface area contributed by atoms with Gasteiger partial charge in [-0.25, -0.2) is 0 Å². The Morgan fingerprint density at radius 3 is 2.53 bits per heavy atom. The standard InChI is InChI=1S/C12H27N3O.HI/c1-5-7-10-15(3)12(13-6-2)14-9-8-11-16-4;/h5-11H2,1-4H3,(H,13,14);1H. The monoisotopic (exact) mass is 357 g/mol. The molecule has 0 bridgehead atoms. The van der Waals surface area contributed by atoms with Crippen molar-refractivity contribution in [1.82, 2.24) is 10.2 Å². The Morgan fingerprint density at radius 2 is 2.00 bits per heavy atom. The number of nitrogens with one attached hydrogen (secondary N) is 1. The van der Waals surface area contributed by atoms with Gasteiger partial charge in [-0.1, -0.05) is 13.3 Å². The van der Waals surface area contributed by atoms with Crippen molar-refractivity contribution in [3.05, 3.63) is 0 Å². The summed E-state index contributed by atoms with van der Waals surface area (Å²) in [6.45, 7) is 7.88. The van der Waals surface area contributed by atoms with E-state index in [1.165, 1.54) is 12.8 Å². The van der Waals surface area contributed by atoms with E-state index in [9.17, 15) is 0 Å². The second kappa shape index (κ2) is 14.0. The van der Waals surface area contributed by atoms with Gasteiger partial charge in [0.2, 0.25) is 0 Å². The highest BCUT2D eigenvalue weighted by atomic mass is 127. The summed E-state index contributed by atoms with van der Waals surface area (Å²) < 4.78 is 5.01. The number of aliphatic imine (C=N–C) groups is 1. The Morgan fingerprint density at radius 1 is 1.29 bits per heavy atom. The van der Waals surface area contributed by atoms with E-state index in [1.807, 2.05) is 0 Å². The van der Waals surface area contributed by atoms with Crippen LogP contribution in [0.25, 0.3) is 0 Å². The molecule has 0 aromatic heterocycles. The molecular formula is C12H28IN3O. The molecule has 104 valence electrons. The van der Waals surface area contributed by atoms with Crippen LogP contribution in [0.15, 0.2) is 4.99 Å². The van der Waals surface area contributed by atoms with Crippen LogP contribution in [0.1, 0.15) is 33.1 Å². The lowest BCUT2D eigenvalue weighted by Crippen LogP contribution is -2.39. The minimum Gasteiger partial charge on any atom is -0.385 e. The molecule has 0 aliphatic rings. The van der Waals surface area contributed by atoms with Crippen molar-refractivity contribution < 1.29 is 4.74 Å². The lowest BCUT2D eigenvalue weighted by Gasteiger charge is -2.21. The third-order valence-corrected chi connectivity index (χ3v) is 2.31. The van der Waals surface area contributed by atoms with E-state index < -0.39 is 0 Å². The van der Waals surface area contributed by atoms with Gasteiger partial charge in [-0.2, -0.15) is 0 Å². The van der Waals surface area contributed by atoms with E-state index in [4.69, 9.17) is 4.74 Å². The van der Waals surface area contributed by atoms with E-state index in [1.54, 1.807) is 7.11 Å². The molecule has 0 aliphatic carbocycles. The Balaban J connectivity index is 0. The Labute approximate surface area is 123 Å². The number of methoxy groups -OCH3 is 1. The van der Waals surface area contributed by atoms with Crippen LogP contribution in [0.3, 0.4) is 0 Å². The lowest BCUT2D eigenvalue weighted by molar-refractivity contribution is 0.197. The van der Waals surface area contributed by atoms with Crippen LogP contribution >= 0.6 is 24.0 Å². The van der Waals surface area contributed by atoms with Gasteiger partial charge in [-0.15, -0.1) is 24.0 Å². The summed E-state index contributed by atoms with van der Waals surface area (Å²) in [5, 5.41) is 3.30. The van der Waals surface area contributed by atoms with Crippen molar-refractivity contribution in [3.63, 3.8) is 0 Å². The highest BCUT2D eigenvalue weighted by molar-refractivity contribution is 14.0. The second-order valence-electron chi connectivity index (χ2n) is 3.86. The predicted octanol–water partition coefficient (Wildman–Crippen LogP) is 2.34. The summed E-state index contributed by atoms with van der Waals surface area (Å²) in [5.41, 5.74) is 0. The fourth-order valence-corrected chi connectivity index (χ4v) is 1.36. The molecule has 1 N–H and O–H groups in total. The maximum atomic E-state index is 5.01. The van der Waals surface area contributed by atoms with Gasteiger partial charge in [0, 0.05) is 40.4 Å². The average Bonchev–Trinajstić information content (AvgIpc) is 2.30. The summed E-state index contributed by atoms with van der Waals surface area (Å²) in [5.74, 6) is 1.01. The lowest BCUT2D eigenvalue weighted by atomic mass is 10.3. The van der Waals surface area contributed by atoms with Crippen molar-refractivity contribution in [2.24, 2.45) is 4.99 Å². The molecule has 0 radical (unpaired) electrons. The van der Waals surface area contributed by atoms with E-state index in [0.717, 1.165) is 38.6 Å². The molecule has 0 fully saturated rings. The predicted molar refractivity (Wildman–Crippen MR) is 85.4 cm³/mol. The first-order chi connectivity index (χ1) is 7.76. The van der Waals surface area contributed by atoms with Gasteiger partial charge in [-0.3, -0.25) is 4.99 Å². The van der Waals surface area contributed by atoms with Crippen LogP contribution in [0, 0.1) is 0 Å². The quantitative estimate of drug-likeness (QED) is 0.314. The first-order valence-electron chi connectivity index (χ1n) is 6.24. The van der Waals surface area contributed by atoms with E-state index in [2.05, 4.69) is 36.1 Å². The number of rotatable bonds is 8. The third kappa shape index (κ3) is 10.8. The summed E-state index contributed by atoms with van der Waals surface area (Å²) in [4.78, 5) is 6.75. The molecule has 0 aromatic rings. The van der Waals surface area contributed by atoms with Gasteiger partial charge in [0.15, 0.2) is 5.96 Å². The first kappa shape index (κ1) is 19.3. The van der Waals surface area contributed by atoms with Crippen LogP contribution in [0.4, 0.5) is 0 Å². The van der Waals surface area contributed by atoms with Crippen molar-refractivity contribution in [2.45, 2.75) is 33.1 Å². The van der Waals surface area contributed by atoms with Gasteiger partial charge in [0.1, 0.15) is 0 Å². The molecule has 0 saturated carbocycles. The normalized spacial score (nSPS) is 10.9. The number of ether oxygens (including phenoxy) is 1. The maximum absolute atomic E-state index is 5.01. The van der Waals surface area contributed by atoms with E-state index in [0.29, 0.717) is 0 Å². The Bertz CT molecular complexity index is 189. The van der Waals surface area contributed by atoms with Gasteiger partial charge < -0.3 is 15.0 Å². The molecule has 0 unspecified atom stereocenters. The molecule has 0 heterocycles. The molecule has 0 amide bonds. The second-order valence-corrected chi connectivity index (χ2v) is 3.86. The zero-order valence-corrected chi connectivity index (χ0v) is 14.0. The molecule has 4 nitrogen and oxygen atoms in total. The number of hydrogen-bond donors (Lipinski definition) is 1. The molecule has 17 heavy (non-hydrogen) atoms. The van der Waals surface area contributed by atoms with Crippen molar-refractivity contribution in [2.75, 3.05) is 40.4 Å². The summed E-state index contributed by atoms with van der Waals surface area (Å²) in [6, 6.07) is 0. The van der Waals surface area contributed by atoms with E-state index in [-0.39, 0.29) is 24.0 Å². The minimum absolute atomic E-state index is 0. The Hall–Kier alpha value is -0.0400. The highest BCUT2D eigenvalue weighted by Crippen LogP contribution is 1.94. The Kier molecular flexibility index (Phi) is 15.9. The average molecular weight is 357 g/mol. The maximum Gasteiger partial charge on any atom is 0.193 e. The van der Waals surface area contributed by atoms with Gasteiger partial charge in [0.25, 0.3) is 0 Å². The fourth-order valence-electron chi connectivity index (χ4n) is 1.36. The molecule has 0 saturated heterocycles. The van der Waals surface area contributed by atoms with Crippen LogP contribution in [-0.4, -0.2) is 51.3 Å². The summed E-state index contributed by atoms with van der Waals surface area (Å²) in [6.07, 6.45) is 3.40. The summed E-state index contributed by atoms with van der Waals surface area (Å²) >= 11 is 0. The largest absolute Gasteiger partial charge is 0.385 e. The number of halogens is 1. The topological polar surface area (TPSA) is 36.9 Å². The van der Waals surface area contributed by atoms with Gasteiger partial charge >= 0.3 is 0 Å². The van der Waals surface area contributed by atoms with Crippen molar-refractivity contribution in [3.8, 4) is 0 Å². The summed E-state index contributed by atoms with van der Waals surface area (Å²) in [7, 11) is 3.82.